The highest BCUT2D eigenvalue weighted by atomic mass is 16.4. The van der Waals surface area contributed by atoms with Crippen LogP contribution in [0.3, 0.4) is 0 Å². The van der Waals surface area contributed by atoms with Gasteiger partial charge in [0, 0.05) is 26.5 Å². The lowest BCUT2D eigenvalue weighted by Gasteiger charge is -2.27. The Hall–Kier alpha value is -2.05. The summed E-state index contributed by atoms with van der Waals surface area (Å²) in [6.45, 7) is 3.59. The second kappa shape index (κ2) is 5.07. The Morgan fingerprint density at radius 1 is 1.67 bits per heavy atom. The molecule has 7 nitrogen and oxygen atoms in total. The van der Waals surface area contributed by atoms with E-state index >= 15 is 0 Å². The van der Waals surface area contributed by atoms with Crippen molar-refractivity contribution in [2.24, 2.45) is 23.4 Å². The lowest BCUT2D eigenvalue weighted by atomic mass is 9.90. The van der Waals surface area contributed by atoms with E-state index in [-0.39, 0.29) is 11.7 Å². The number of carbonyl (C=O) groups is 1. The number of hydrogen-bond donors (Lipinski definition) is 2. The van der Waals surface area contributed by atoms with E-state index in [4.69, 9.17) is 10.9 Å². The molecule has 7 heteroatoms. The predicted octanol–water partition coefficient (Wildman–Crippen LogP) is 0.151. The van der Waals surface area contributed by atoms with E-state index in [9.17, 15) is 4.79 Å². The SMILES string of the molecule is CN(Cc1nccn1C)C(=O)C(C)(C)/C(N)=N/O. The highest BCUT2D eigenvalue weighted by molar-refractivity contribution is 6.05. The zero-order valence-corrected chi connectivity index (χ0v) is 11.1. The highest BCUT2D eigenvalue weighted by Gasteiger charge is 2.35. The first-order valence-corrected chi connectivity index (χ1v) is 5.50. The predicted molar refractivity (Wildman–Crippen MR) is 66.9 cm³/mol. The van der Waals surface area contributed by atoms with Crippen molar-refractivity contribution in [2.75, 3.05) is 7.05 Å². The molecule has 0 saturated heterocycles. The summed E-state index contributed by atoms with van der Waals surface area (Å²) < 4.78 is 1.83. The van der Waals surface area contributed by atoms with Crippen molar-refractivity contribution in [2.45, 2.75) is 20.4 Å². The van der Waals surface area contributed by atoms with Gasteiger partial charge in [-0.2, -0.15) is 0 Å². The van der Waals surface area contributed by atoms with Gasteiger partial charge in [0.1, 0.15) is 11.2 Å². The quantitative estimate of drug-likeness (QED) is 0.345. The Morgan fingerprint density at radius 2 is 2.28 bits per heavy atom. The molecular formula is C11H19N5O2. The second-order valence-corrected chi connectivity index (χ2v) is 4.73. The smallest absolute Gasteiger partial charge is 0.236 e. The van der Waals surface area contributed by atoms with E-state index in [2.05, 4.69) is 10.1 Å². The standard InChI is InChI=1S/C11H19N5O2/c1-11(2,9(12)14-18)10(17)16(4)7-8-13-5-6-15(8)3/h5-6,18H,7H2,1-4H3,(H2,12,14). The van der Waals surface area contributed by atoms with E-state index in [0.29, 0.717) is 6.54 Å². The van der Waals surface area contributed by atoms with Crippen LogP contribution in [0.4, 0.5) is 0 Å². The van der Waals surface area contributed by atoms with Crippen LogP contribution in [0.1, 0.15) is 19.7 Å². The molecule has 1 heterocycles. The summed E-state index contributed by atoms with van der Waals surface area (Å²) in [6.07, 6.45) is 3.48. The normalized spacial score (nSPS) is 12.6. The van der Waals surface area contributed by atoms with Crippen LogP contribution in [-0.2, 0) is 18.4 Å². The molecule has 1 amide bonds. The summed E-state index contributed by atoms with van der Waals surface area (Å²) in [5.41, 5.74) is 4.48. The number of carbonyl (C=O) groups excluding carboxylic acids is 1. The third-order valence-electron chi connectivity index (χ3n) is 2.93. The molecule has 1 aromatic rings. The molecule has 1 rings (SSSR count). The fourth-order valence-corrected chi connectivity index (χ4v) is 1.54. The second-order valence-electron chi connectivity index (χ2n) is 4.73. The van der Waals surface area contributed by atoms with Crippen molar-refractivity contribution in [1.82, 2.24) is 14.5 Å². The number of amides is 1. The van der Waals surface area contributed by atoms with Gasteiger partial charge in [-0.15, -0.1) is 0 Å². The Balaban J connectivity index is 2.82. The van der Waals surface area contributed by atoms with Crippen LogP contribution in [-0.4, -0.2) is 38.4 Å². The zero-order chi connectivity index (χ0) is 13.9. The largest absolute Gasteiger partial charge is 0.409 e. The molecule has 3 N–H and O–H groups in total. The number of nitrogens with two attached hydrogens (primary N) is 1. The van der Waals surface area contributed by atoms with Crippen molar-refractivity contribution >= 4 is 11.7 Å². The Morgan fingerprint density at radius 3 is 2.72 bits per heavy atom. The van der Waals surface area contributed by atoms with Gasteiger partial charge in [0.2, 0.25) is 5.91 Å². The Kier molecular flexibility index (Phi) is 3.95. The van der Waals surface area contributed by atoms with Crippen LogP contribution in [0.25, 0.3) is 0 Å². The molecule has 0 aromatic carbocycles. The van der Waals surface area contributed by atoms with Crippen molar-refractivity contribution < 1.29 is 10.0 Å². The number of oxime groups is 1. The van der Waals surface area contributed by atoms with E-state index < -0.39 is 5.41 Å². The lowest BCUT2D eigenvalue weighted by molar-refractivity contribution is -0.136. The van der Waals surface area contributed by atoms with Gasteiger partial charge >= 0.3 is 0 Å². The Labute approximate surface area is 106 Å². The number of nitrogens with zero attached hydrogens (tertiary/aromatic N) is 4. The minimum atomic E-state index is -1.05. The van der Waals surface area contributed by atoms with Gasteiger partial charge in [-0.25, -0.2) is 4.98 Å². The number of aryl methyl sites for hydroxylation is 1. The number of amidine groups is 1. The molecular weight excluding hydrogens is 234 g/mol. The summed E-state index contributed by atoms with van der Waals surface area (Å²) in [5, 5.41) is 11.6. The minimum absolute atomic E-state index is 0.112. The van der Waals surface area contributed by atoms with Crippen molar-refractivity contribution in [1.29, 1.82) is 0 Å². The molecule has 0 bridgehead atoms. The van der Waals surface area contributed by atoms with Gasteiger partial charge in [0.25, 0.3) is 0 Å². The third-order valence-corrected chi connectivity index (χ3v) is 2.93. The van der Waals surface area contributed by atoms with E-state index in [1.807, 2.05) is 17.8 Å². The van der Waals surface area contributed by atoms with Gasteiger partial charge in [-0.3, -0.25) is 4.79 Å². The summed E-state index contributed by atoms with van der Waals surface area (Å²) in [5.74, 6) is 0.418. The number of aromatic nitrogens is 2. The van der Waals surface area contributed by atoms with Crippen LogP contribution >= 0.6 is 0 Å². The topological polar surface area (TPSA) is 96.7 Å². The van der Waals surface area contributed by atoms with Crippen LogP contribution in [0.5, 0.6) is 0 Å². The van der Waals surface area contributed by atoms with Crippen molar-refractivity contribution in [3.8, 4) is 0 Å². The molecule has 0 atom stereocenters. The maximum atomic E-state index is 12.2. The molecule has 1 aromatic heterocycles. The van der Waals surface area contributed by atoms with Gasteiger partial charge in [-0.05, 0) is 13.8 Å². The summed E-state index contributed by atoms with van der Waals surface area (Å²) in [7, 11) is 3.51. The molecule has 0 saturated carbocycles. The average molecular weight is 253 g/mol. The molecule has 18 heavy (non-hydrogen) atoms. The highest BCUT2D eigenvalue weighted by Crippen LogP contribution is 2.19. The molecule has 0 radical (unpaired) electrons. The summed E-state index contributed by atoms with van der Waals surface area (Å²) in [4.78, 5) is 17.9. The van der Waals surface area contributed by atoms with E-state index in [1.54, 1.807) is 27.1 Å². The first-order valence-electron chi connectivity index (χ1n) is 5.50. The molecule has 0 aliphatic carbocycles. The minimum Gasteiger partial charge on any atom is -0.409 e. The first kappa shape index (κ1) is 14.0. The monoisotopic (exact) mass is 253 g/mol. The van der Waals surface area contributed by atoms with Crippen molar-refractivity contribution in [3.05, 3.63) is 18.2 Å². The molecule has 0 unspecified atom stereocenters. The number of hydrogen-bond acceptors (Lipinski definition) is 4. The number of imidazole rings is 1. The van der Waals surface area contributed by atoms with Crippen LogP contribution < -0.4 is 5.73 Å². The Bertz CT molecular complexity index is 464. The fourth-order valence-electron chi connectivity index (χ4n) is 1.54. The van der Waals surface area contributed by atoms with E-state index in [1.165, 1.54) is 4.90 Å². The van der Waals surface area contributed by atoms with Crippen LogP contribution in [0.15, 0.2) is 17.5 Å². The fraction of sp³-hybridized carbons (Fsp3) is 0.545. The average Bonchev–Trinajstić information content (AvgIpc) is 2.72. The molecule has 0 aliphatic heterocycles. The van der Waals surface area contributed by atoms with Crippen molar-refractivity contribution in [3.63, 3.8) is 0 Å². The summed E-state index contributed by atoms with van der Waals surface area (Å²) in [6, 6.07) is 0. The maximum Gasteiger partial charge on any atom is 0.236 e. The van der Waals surface area contributed by atoms with Gasteiger partial charge < -0.3 is 20.4 Å². The zero-order valence-electron chi connectivity index (χ0n) is 11.1. The van der Waals surface area contributed by atoms with Crippen LogP contribution in [0, 0.1) is 5.41 Å². The number of rotatable bonds is 4. The molecule has 0 aliphatic rings. The summed E-state index contributed by atoms with van der Waals surface area (Å²) >= 11 is 0. The van der Waals surface area contributed by atoms with E-state index in [0.717, 1.165) is 5.82 Å². The van der Waals surface area contributed by atoms with Gasteiger partial charge in [0.05, 0.1) is 6.54 Å². The molecule has 100 valence electrons. The first-order chi connectivity index (χ1) is 8.30. The third kappa shape index (κ3) is 2.61. The molecule has 0 fully saturated rings. The van der Waals surface area contributed by atoms with Crippen LogP contribution in [0.2, 0.25) is 0 Å². The molecule has 0 spiro atoms. The maximum absolute atomic E-state index is 12.2. The van der Waals surface area contributed by atoms with Gasteiger partial charge in [0.15, 0.2) is 5.84 Å². The van der Waals surface area contributed by atoms with Gasteiger partial charge in [-0.1, -0.05) is 5.16 Å². The lowest BCUT2D eigenvalue weighted by Crippen LogP contribution is -2.46.